The molecular weight excluding hydrogens is 252 g/mol. The molecule has 1 aromatic carbocycles. The molecule has 0 radical (unpaired) electrons. The van der Waals surface area contributed by atoms with Crippen molar-refractivity contribution in [1.29, 1.82) is 0 Å². The van der Waals surface area contributed by atoms with Gasteiger partial charge in [0.1, 0.15) is 5.75 Å². The zero-order valence-corrected chi connectivity index (χ0v) is 11.7. The maximum absolute atomic E-state index is 11.5. The molecular formula is C16H20N2O2. The van der Waals surface area contributed by atoms with Crippen molar-refractivity contribution in [3.63, 3.8) is 0 Å². The van der Waals surface area contributed by atoms with E-state index in [4.69, 9.17) is 4.74 Å². The predicted octanol–water partition coefficient (Wildman–Crippen LogP) is 2.91. The van der Waals surface area contributed by atoms with Crippen LogP contribution in [0, 0.1) is 5.92 Å². The van der Waals surface area contributed by atoms with E-state index in [1.54, 1.807) is 0 Å². The van der Waals surface area contributed by atoms with Gasteiger partial charge in [0.15, 0.2) is 6.61 Å². The lowest BCUT2D eigenvalue weighted by Gasteiger charge is -2.15. The van der Waals surface area contributed by atoms with Gasteiger partial charge >= 0.3 is 0 Å². The standard InChI is InChI=1S/C16H20N2O2/c1-13-7-9-14(10-8-13)11-17-18-16(19)12-20-15-5-3-2-4-6-15/h2-7,11,14H,8-10,12H2,1H3,(H,18,19)/b17-11+/t14-/m1/s1. The quantitative estimate of drug-likeness (QED) is 0.509. The molecule has 0 saturated heterocycles. The highest BCUT2D eigenvalue weighted by atomic mass is 16.5. The van der Waals surface area contributed by atoms with Gasteiger partial charge in [0.25, 0.3) is 5.91 Å². The summed E-state index contributed by atoms with van der Waals surface area (Å²) in [4.78, 5) is 11.5. The second-order valence-electron chi connectivity index (χ2n) is 5.00. The number of benzene rings is 1. The second-order valence-corrected chi connectivity index (χ2v) is 5.00. The number of hydrogen-bond donors (Lipinski definition) is 1. The van der Waals surface area contributed by atoms with Gasteiger partial charge in [-0.25, -0.2) is 5.43 Å². The number of allylic oxidation sites excluding steroid dienone is 2. The molecule has 2 rings (SSSR count). The van der Waals surface area contributed by atoms with E-state index in [0.29, 0.717) is 11.7 Å². The minimum absolute atomic E-state index is 0.0228. The molecule has 1 N–H and O–H groups in total. The summed E-state index contributed by atoms with van der Waals surface area (Å²) in [5.74, 6) is 0.862. The highest BCUT2D eigenvalue weighted by molar-refractivity contribution is 5.78. The van der Waals surface area contributed by atoms with Crippen LogP contribution in [0.5, 0.6) is 5.75 Å². The zero-order valence-electron chi connectivity index (χ0n) is 11.7. The first-order valence-electron chi connectivity index (χ1n) is 6.89. The van der Waals surface area contributed by atoms with Gasteiger partial charge in [-0.05, 0) is 44.2 Å². The third-order valence-corrected chi connectivity index (χ3v) is 3.27. The molecule has 0 unspecified atom stereocenters. The van der Waals surface area contributed by atoms with Gasteiger partial charge in [0.05, 0.1) is 0 Å². The minimum Gasteiger partial charge on any atom is -0.484 e. The van der Waals surface area contributed by atoms with Crippen molar-refractivity contribution in [3.8, 4) is 5.75 Å². The Labute approximate surface area is 119 Å². The molecule has 1 amide bonds. The molecule has 1 aliphatic rings. The first-order chi connectivity index (χ1) is 9.74. The molecule has 4 heteroatoms. The van der Waals surface area contributed by atoms with Crippen molar-refractivity contribution in [3.05, 3.63) is 42.0 Å². The normalized spacial score (nSPS) is 18.6. The van der Waals surface area contributed by atoms with Gasteiger partial charge in [0, 0.05) is 6.21 Å². The van der Waals surface area contributed by atoms with Crippen LogP contribution in [0.2, 0.25) is 0 Å². The molecule has 1 aromatic rings. The van der Waals surface area contributed by atoms with Crippen LogP contribution in [-0.4, -0.2) is 18.7 Å². The number of hydrogen-bond acceptors (Lipinski definition) is 3. The molecule has 20 heavy (non-hydrogen) atoms. The number of nitrogens with zero attached hydrogens (tertiary/aromatic N) is 1. The van der Waals surface area contributed by atoms with Gasteiger partial charge in [-0.15, -0.1) is 0 Å². The van der Waals surface area contributed by atoms with Gasteiger partial charge in [-0.1, -0.05) is 29.8 Å². The van der Waals surface area contributed by atoms with Gasteiger partial charge in [0.2, 0.25) is 0 Å². The number of hydrazone groups is 1. The van der Waals surface area contributed by atoms with Gasteiger partial charge in [-0.2, -0.15) is 5.10 Å². The molecule has 0 bridgehead atoms. The smallest absolute Gasteiger partial charge is 0.277 e. The van der Waals surface area contributed by atoms with Crippen molar-refractivity contribution < 1.29 is 9.53 Å². The molecule has 0 heterocycles. The van der Waals surface area contributed by atoms with Crippen LogP contribution in [-0.2, 0) is 4.79 Å². The minimum atomic E-state index is -0.243. The molecule has 1 atom stereocenters. The number of rotatable bonds is 5. The molecule has 0 saturated carbocycles. The topological polar surface area (TPSA) is 50.7 Å². The summed E-state index contributed by atoms with van der Waals surface area (Å²) in [6.07, 6.45) is 7.28. The van der Waals surface area contributed by atoms with Crippen LogP contribution in [0.3, 0.4) is 0 Å². The lowest BCUT2D eigenvalue weighted by Crippen LogP contribution is -2.25. The fraction of sp³-hybridized carbons (Fsp3) is 0.375. The highest BCUT2D eigenvalue weighted by Crippen LogP contribution is 2.21. The SMILES string of the molecule is CC1=CC[C@@H](/C=N/NC(=O)COc2ccccc2)CC1. The van der Waals surface area contributed by atoms with Gasteiger partial charge < -0.3 is 4.74 Å². The molecule has 0 fully saturated rings. The van der Waals surface area contributed by atoms with Crippen molar-refractivity contribution in [2.45, 2.75) is 26.2 Å². The van der Waals surface area contributed by atoms with Crippen molar-refractivity contribution in [2.75, 3.05) is 6.61 Å². The largest absolute Gasteiger partial charge is 0.484 e. The summed E-state index contributed by atoms with van der Waals surface area (Å²) < 4.78 is 5.33. The zero-order chi connectivity index (χ0) is 14.2. The maximum atomic E-state index is 11.5. The lowest BCUT2D eigenvalue weighted by molar-refractivity contribution is -0.123. The van der Waals surface area contributed by atoms with Crippen molar-refractivity contribution in [1.82, 2.24) is 5.43 Å². The number of ether oxygens (including phenoxy) is 1. The summed E-state index contributed by atoms with van der Waals surface area (Å²) >= 11 is 0. The Bertz CT molecular complexity index is 494. The van der Waals surface area contributed by atoms with E-state index < -0.39 is 0 Å². The van der Waals surface area contributed by atoms with E-state index in [0.717, 1.165) is 19.3 Å². The highest BCUT2D eigenvalue weighted by Gasteiger charge is 2.10. The van der Waals surface area contributed by atoms with Crippen LogP contribution < -0.4 is 10.2 Å². The lowest BCUT2D eigenvalue weighted by atomic mass is 9.91. The van der Waals surface area contributed by atoms with Crippen molar-refractivity contribution >= 4 is 12.1 Å². The summed E-state index contributed by atoms with van der Waals surface area (Å²) in [7, 11) is 0. The third kappa shape index (κ3) is 4.88. The first-order valence-corrected chi connectivity index (χ1v) is 6.89. The Balaban J connectivity index is 1.67. The van der Waals surface area contributed by atoms with E-state index in [2.05, 4.69) is 23.5 Å². The van der Waals surface area contributed by atoms with Crippen LogP contribution >= 0.6 is 0 Å². The number of para-hydroxylation sites is 1. The van der Waals surface area contributed by atoms with E-state index >= 15 is 0 Å². The average molecular weight is 272 g/mol. The Morgan fingerprint density at radius 3 is 2.95 bits per heavy atom. The average Bonchev–Trinajstić information content (AvgIpc) is 2.48. The van der Waals surface area contributed by atoms with Crippen LogP contribution in [0.1, 0.15) is 26.2 Å². The van der Waals surface area contributed by atoms with Crippen LogP contribution in [0.4, 0.5) is 0 Å². The molecule has 4 nitrogen and oxygen atoms in total. The summed E-state index contributed by atoms with van der Waals surface area (Å²) in [6.45, 7) is 2.13. The number of amides is 1. The van der Waals surface area contributed by atoms with Crippen LogP contribution in [0.25, 0.3) is 0 Å². The van der Waals surface area contributed by atoms with Crippen molar-refractivity contribution in [2.24, 2.45) is 11.0 Å². The predicted molar refractivity (Wildman–Crippen MR) is 79.7 cm³/mol. The van der Waals surface area contributed by atoms with E-state index in [-0.39, 0.29) is 12.5 Å². The Morgan fingerprint density at radius 1 is 1.45 bits per heavy atom. The summed E-state index contributed by atoms with van der Waals surface area (Å²) in [6, 6.07) is 9.26. The monoisotopic (exact) mass is 272 g/mol. The van der Waals surface area contributed by atoms with E-state index in [1.165, 1.54) is 5.57 Å². The van der Waals surface area contributed by atoms with Crippen LogP contribution in [0.15, 0.2) is 47.1 Å². The molecule has 0 spiro atoms. The molecule has 0 aromatic heterocycles. The second kappa shape index (κ2) is 7.48. The number of carbonyl (C=O) groups excluding carboxylic acids is 1. The Morgan fingerprint density at radius 2 is 2.25 bits per heavy atom. The summed E-state index contributed by atoms with van der Waals surface area (Å²) in [5.41, 5.74) is 3.94. The fourth-order valence-corrected chi connectivity index (χ4v) is 2.03. The third-order valence-electron chi connectivity index (χ3n) is 3.27. The maximum Gasteiger partial charge on any atom is 0.277 e. The Kier molecular flexibility index (Phi) is 5.35. The molecule has 106 valence electrons. The first kappa shape index (κ1) is 14.3. The van der Waals surface area contributed by atoms with E-state index in [9.17, 15) is 4.79 Å². The Hall–Kier alpha value is -2.10. The summed E-state index contributed by atoms with van der Waals surface area (Å²) in [5, 5.41) is 4.00. The molecule has 0 aliphatic heterocycles. The number of carbonyl (C=O) groups is 1. The van der Waals surface area contributed by atoms with Gasteiger partial charge in [-0.3, -0.25) is 4.79 Å². The number of nitrogens with one attached hydrogen (secondary N) is 1. The van der Waals surface area contributed by atoms with E-state index in [1.807, 2.05) is 36.5 Å². The fourth-order valence-electron chi connectivity index (χ4n) is 2.03. The molecule has 1 aliphatic carbocycles.